The number of hydrogen-bond acceptors (Lipinski definition) is 4. The summed E-state index contributed by atoms with van der Waals surface area (Å²) in [5, 5.41) is 3.17. The second-order valence-corrected chi connectivity index (χ2v) is 6.27. The lowest BCUT2D eigenvalue weighted by Gasteiger charge is -2.27. The highest BCUT2D eigenvalue weighted by Gasteiger charge is 2.22. The lowest BCUT2D eigenvalue weighted by Crippen LogP contribution is -2.43. The van der Waals surface area contributed by atoms with Crippen LogP contribution in [-0.4, -0.2) is 14.7 Å². The smallest absolute Gasteiger partial charge is 0.332 e. The van der Waals surface area contributed by atoms with Crippen molar-refractivity contribution in [2.75, 3.05) is 11.1 Å². The van der Waals surface area contributed by atoms with Gasteiger partial charge < -0.3 is 11.1 Å². The zero-order valence-electron chi connectivity index (χ0n) is 13.3. The lowest BCUT2D eigenvalue weighted by atomic mass is 10.0. The Balaban J connectivity index is 3.49. The van der Waals surface area contributed by atoms with Gasteiger partial charge >= 0.3 is 5.69 Å². The minimum absolute atomic E-state index is 0.216. The molecular weight excluding hydrogens is 256 g/mol. The molecule has 0 saturated carbocycles. The van der Waals surface area contributed by atoms with Crippen molar-refractivity contribution in [2.24, 2.45) is 13.0 Å². The van der Waals surface area contributed by atoms with E-state index in [2.05, 4.69) is 5.32 Å². The zero-order valence-corrected chi connectivity index (χ0v) is 13.3. The van der Waals surface area contributed by atoms with E-state index in [0.717, 1.165) is 11.0 Å². The molecule has 3 N–H and O–H groups in total. The standard InChI is InChI=1S/C14H26N4O2/c1-7-14(4,5)16-10-11(15)18(8-9(2)3)13(20)17(6)12(10)19/h9,16H,7-8,15H2,1-6H3. The first-order valence-corrected chi connectivity index (χ1v) is 6.98. The molecule has 0 unspecified atom stereocenters. The molecule has 0 bridgehead atoms. The third-order valence-corrected chi connectivity index (χ3v) is 3.48. The highest BCUT2D eigenvalue weighted by molar-refractivity contribution is 5.61. The van der Waals surface area contributed by atoms with Crippen LogP contribution in [0.5, 0.6) is 0 Å². The minimum atomic E-state index is -0.381. The van der Waals surface area contributed by atoms with Gasteiger partial charge in [0.05, 0.1) is 0 Å². The quantitative estimate of drug-likeness (QED) is 0.855. The second kappa shape index (κ2) is 5.73. The Labute approximate surface area is 119 Å². The van der Waals surface area contributed by atoms with Crippen molar-refractivity contribution in [3.8, 4) is 0 Å². The normalized spacial score (nSPS) is 11.9. The molecule has 0 aliphatic carbocycles. The molecule has 0 spiro atoms. The van der Waals surface area contributed by atoms with Crippen molar-refractivity contribution >= 4 is 11.5 Å². The van der Waals surface area contributed by atoms with Gasteiger partial charge in [-0.05, 0) is 26.2 Å². The van der Waals surface area contributed by atoms with Gasteiger partial charge in [-0.25, -0.2) is 4.79 Å². The van der Waals surface area contributed by atoms with Gasteiger partial charge in [0.25, 0.3) is 5.56 Å². The van der Waals surface area contributed by atoms with Crippen LogP contribution >= 0.6 is 0 Å². The minimum Gasteiger partial charge on any atom is -0.383 e. The first-order chi connectivity index (χ1) is 9.10. The largest absolute Gasteiger partial charge is 0.383 e. The van der Waals surface area contributed by atoms with Crippen LogP contribution in [0.3, 0.4) is 0 Å². The fourth-order valence-corrected chi connectivity index (χ4v) is 1.87. The monoisotopic (exact) mass is 282 g/mol. The number of anilines is 2. The van der Waals surface area contributed by atoms with Crippen LogP contribution in [0.25, 0.3) is 0 Å². The molecule has 1 heterocycles. The van der Waals surface area contributed by atoms with Crippen molar-refractivity contribution in [2.45, 2.75) is 53.1 Å². The molecule has 0 aliphatic rings. The van der Waals surface area contributed by atoms with E-state index in [1.165, 1.54) is 11.6 Å². The Morgan fingerprint density at radius 2 is 1.85 bits per heavy atom. The van der Waals surface area contributed by atoms with Crippen molar-refractivity contribution in [3.05, 3.63) is 20.8 Å². The summed E-state index contributed by atoms with van der Waals surface area (Å²) >= 11 is 0. The van der Waals surface area contributed by atoms with E-state index < -0.39 is 0 Å². The molecule has 1 rings (SSSR count). The molecule has 0 aliphatic heterocycles. The van der Waals surface area contributed by atoms with E-state index in [1.54, 1.807) is 0 Å². The summed E-state index contributed by atoms with van der Waals surface area (Å²) < 4.78 is 2.56. The molecular formula is C14H26N4O2. The average molecular weight is 282 g/mol. The second-order valence-electron chi connectivity index (χ2n) is 6.27. The molecule has 6 nitrogen and oxygen atoms in total. The van der Waals surface area contributed by atoms with Gasteiger partial charge in [0, 0.05) is 19.1 Å². The number of hydrogen-bond donors (Lipinski definition) is 2. The Morgan fingerprint density at radius 3 is 2.30 bits per heavy atom. The average Bonchev–Trinajstić information content (AvgIpc) is 2.37. The Hall–Kier alpha value is -1.72. The van der Waals surface area contributed by atoms with E-state index >= 15 is 0 Å². The van der Waals surface area contributed by atoms with E-state index in [1.807, 2.05) is 34.6 Å². The predicted molar refractivity (Wildman–Crippen MR) is 83.2 cm³/mol. The Kier molecular flexibility index (Phi) is 4.68. The maximum atomic E-state index is 12.2. The van der Waals surface area contributed by atoms with Crippen LogP contribution in [0, 0.1) is 5.92 Å². The molecule has 0 saturated heterocycles. The van der Waals surface area contributed by atoms with E-state index in [0.29, 0.717) is 12.2 Å². The van der Waals surface area contributed by atoms with Crippen LogP contribution in [0.15, 0.2) is 9.59 Å². The summed E-state index contributed by atoms with van der Waals surface area (Å²) in [6, 6.07) is 0. The maximum absolute atomic E-state index is 12.2. The summed E-state index contributed by atoms with van der Waals surface area (Å²) in [5.74, 6) is 0.480. The lowest BCUT2D eigenvalue weighted by molar-refractivity contribution is 0.490. The first kappa shape index (κ1) is 16.3. The predicted octanol–water partition coefficient (Wildman–Crippen LogP) is 1.39. The number of nitrogen functional groups attached to an aromatic ring is 1. The van der Waals surface area contributed by atoms with Crippen LogP contribution in [0.4, 0.5) is 11.5 Å². The molecule has 1 aromatic heterocycles. The summed E-state index contributed by atoms with van der Waals surface area (Å²) in [6.45, 7) is 10.5. The molecule has 0 aromatic carbocycles. The molecule has 6 heteroatoms. The number of aromatic nitrogens is 2. The Bertz CT molecular complexity index is 596. The summed E-state index contributed by atoms with van der Waals surface area (Å²) in [4.78, 5) is 24.4. The van der Waals surface area contributed by atoms with Crippen molar-refractivity contribution in [1.29, 1.82) is 0 Å². The van der Waals surface area contributed by atoms with Gasteiger partial charge in [-0.1, -0.05) is 20.8 Å². The summed E-state index contributed by atoms with van der Waals surface area (Å²) in [6.07, 6.45) is 0.832. The van der Waals surface area contributed by atoms with Crippen LogP contribution in [-0.2, 0) is 13.6 Å². The third kappa shape index (κ3) is 3.23. The van der Waals surface area contributed by atoms with Gasteiger partial charge in [-0.2, -0.15) is 0 Å². The highest BCUT2D eigenvalue weighted by Crippen LogP contribution is 2.19. The number of nitrogens with two attached hydrogens (primary N) is 1. The van der Waals surface area contributed by atoms with E-state index in [-0.39, 0.29) is 28.5 Å². The van der Waals surface area contributed by atoms with Gasteiger partial charge in [-0.3, -0.25) is 13.9 Å². The van der Waals surface area contributed by atoms with Gasteiger partial charge in [0.15, 0.2) is 0 Å². The third-order valence-electron chi connectivity index (χ3n) is 3.48. The van der Waals surface area contributed by atoms with Crippen LogP contribution in [0.1, 0.15) is 41.0 Å². The number of rotatable bonds is 5. The van der Waals surface area contributed by atoms with Crippen LogP contribution < -0.4 is 22.3 Å². The molecule has 0 atom stereocenters. The van der Waals surface area contributed by atoms with Crippen molar-refractivity contribution < 1.29 is 0 Å². The van der Waals surface area contributed by atoms with Gasteiger partial charge in [0.1, 0.15) is 11.5 Å². The molecule has 0 radical (unpaired) electrons. The van der Waals surface area contributed by atoms with E-state index in [4.69, 9.17) is 5.73 Å². The van der Waals surface area contributed by atoms with E-state index in [9.17, 15) is 9.59 Å². The number of nitrogens with zero attached hydrogens (tertiary/aromatic N) is 2. The van der Waals surface area contributed by atoms with Crippen molar-refractivity contribution in [1.82, 2.24) is 9.13 Å². The van der Waals surface area contributed by atoms with Crippen molar-refractivity contribution in [3.63, 3.8) is 0 Å². The first-order valence-electron chi connectivity index (χ1n) is 6.98. The zero-order chi connectivity index (χ0) is 15.7. The Morgan fingerprint density at radius 1 is 1.30 bits per heavy atom. The topological polar surface area (TPSA) is 82.0 Å². The highest BCUT2D eigenvalue weighted by atomic mass is 16.2. The SMILES string of the molecule is CCC(C)(C)Nc1c(N)n(CC(C)C)c(=O)n(C)c1=O. The number of nitrogens with one attached hydrogen (secondary N) is 1. The van der Waals surface area contributed by atoms with Gasteiger partial charge in [-0.15, -0.1) is 0 Å². The fourth-order valence-electron chi connectivity index (χ4n) is 1.87. The molecule has 114 valence electrons. The summed E-state index contributed by atoms with van der Waals surface area (Å²) in [5.41, 5.74) is 5.34. The molecule has 1 aromatic rings. The molecule has 20 heavy (non-hydrogen) atoms. The van der Waals surface area contributed by atoms with Gasteiger partial charge in [0.2, 0.25) is 0 Å². The summed E-state index contributed by atoms with van der Waals surface area (Å²) in [7, 11) is 1.48. The van der Waals surface area contributed by atoms with Crippen LogP contribution in [0.2, 0.25) is 0 Å². The molecule has 0 fully saturated rings. The maximum Gasteiger partial charge on any atom is 0.332 e. The fraction of sp³-hybridized carbons (Fsp3) is 0.714. The molecule has 0 amide bonds.